The average Bonchev–Trinajstić information content (AvgIpc) is 3.14. The van der Waals surface area contributed by atoms with Gasteiger partial charge in [-0.25, -0.2) is 4.79 Å². The van der Waals surface area contributed by atoms with E-state index in [-0.39, 0.29) is 29.2 Å². The van der Waals surface area contributed by atoms with Gasteiger partial charge in [-0.15, -0.1) is 0 Å². The number of alkyl halides is 3. The smallest absolute Gasteiger partial charge is 0.491 e. The van der Waals surface area contributed by atoms with Crippen molar-refractivity contribution in [1.29, 1.82) is 0 Å². The molecule has 0 spiro atoms. The van der Waals surface area contributed by atoms with Gasteiger partial charge in [0, 0.05) is 30.2 Å². The van der Waals surface area contributed by atoms with Crippen molar-refractivity contribution in [3.63, 3.8) is 0 Å². The molecule has 4 rings (SSSR count). The maximum absolute atomic E-state index is 13.0. The van der Waals surface area contributed by atoms with Gasteiger partial charge in [-0.1, -0.05) is 0 Å². The molecule has 1 saturated heterocycles. The summed E-state index contributed by atoms with van der Waals surface area (Å²) in [5.41, 5.74) is -1.10. The van der Waals surface area contributed by atoms with E-state index < -0.39 is 46.5 Å². The van der Waals surface area contributed by atoms with Gasteiger partial charge in [0.25, 0.3) is 0 Å². The summed E-state index contributed by atoms with van der Waals surface area (Å²) in [5.74, 6) is -4.58. The van der Waals surface area contributed by atoms with Gasteiger partial charge in [0.05, 0.1) is 6.10 Å². The van der Waals surface area contributed by atoms with Crippen LogP contribution in [0.2, 0.25) is 0 Å². The number of hydrogen-bond donors (Lipinski definition) is 2. The topological polar surface area (TPSA) is 113 Å². The number of aliphatic hydroxyl groups excluding tert-OH is 1. The number of piperidine rings is 1. The summed E-state index contributed by atoms with van der Waals surface area (Å²) in [6.45, 7) is 0.800. The van der Waals surface area contributed by atoms with Crippen LogP contribution in [-0.4, -0.2) is 53.5 Å². The van der Waals surface area contributed by atoms with Crippen molar-refractivity contribution in [2.45, 2.75) is 24.6 Å². The van der Waals surface area contributed by atoms with Crippen LogP contribution in [-0.2, 0) is 4.79 Å². The number of fused-ring (bicyclic) bond motifs is 1. The van der Waals surface area contributed by atoms with E-state index in [2.05, 4.69) is 20.7 Å². The second-order valence-electron chi connectivity index (χ2n) is 7.70. The molecule has 8 nitrogen and oxygen atoms in total. The van der Waals surface area contributed by atoms with Gasteiger partial charge in [0.1, 0.15) is 22.5 Å². The standard InChI is InChI=1S/C21H17BrF3NO7/c1-26-5-4-9(12(29)8-26)17-10(27)7-15(33-20(30)21(23,24)25)18-11(28)6-14(32-19(17)18)13-2-3-16(22)31-13/h2-3,6-7,9,12,27,29H,4-5,8H2,1H3/t9-,12+/m0/s1. The van der Waals surface area contributed by atoms with Gasteiger partial charge in [-0.05, 0) is 48.1 Å². The zero-order chi connectivity index (χ0) is 24.1. The molecular formula is C21H17BrF3NO7. The highest BCUT2D eigenvalue weighted by atomic mass is 79.9. The largest absolute Gasteiger partial charge is 0.507 e. The van der Waals surface area contributed by atoms with Gasteiger partial charge >= 0.3 is 12.1 Å². The minimum Gasteiger partial charge on any atom is -0.507 e. The van der Waals surface area contributed by atoms with Crippen molar-refractivity contribution in [2.75, 3.05) is 20.1 Å². The minimum atomic E-state index is -5.33. The number of halogens is 4. The lowest BCUT2D eigenvalue weighted by atomic mass is 9.85. The first kappa shape index (κ1) is 23.3. The maximum atomic E-state index is 13.0. The maximum Gasteiger partial charge on any atom is 0.491 e. The molecule has 12 heteroatoms. The van der Waals surface area contributed by atoms with E-state index in [4.69, 9.17) is 8.83 Å². The Morgan fingerprint density at radius 3 is 2.58 bits per heavy atom. The van der Waals surface area contributed by atoms with Crippen LogP contribution in [0.1, 0.15) is 17.9 Å². The Kier molecular flexibility index (Phi) is 6.01. The molecule has 0 saturated carbocycles. The molecule has 33 heavy (non-hydrogen) atoms. The normalized spacial score (nSPS) is 19.7. The molecule has 1 aliphatic heterocycles. The van der Waals surface area contributed by atoms with Gasteiger partial charge < -0.3 is 28.7 Å². The van der Waals surface area contributed by atoms with Crippen molar-refractivity contribution in [3.05, 3.63) is 44.7 Å². The van der Waals surface area contributed by atoms with Crippen LogP contribution in [0.5, 0.6) is 11.5 Å². The molecule has 3 aromatic rings. The van der Waals surface area contributed by atoms with Crippen LogP contribution in [0.15, 0.2) is 42.6 Å². The molecule has 2 atom stereocenters. The van der Waals surface area contributed by atoms with Gasteiger partial charge in [0.15, 0.2) is 21.6 Å². The lowest BCUT2D eigenvalue weighted by molar-refractivity contribution is -0.189. The Morgan fingerprint density at radius 1 is 1.24 bits per heavy atom. The van der Waals surface area contributed by atoms with E-state index in [0.29, 0.717) is 17.6 Å². The molecule has 0 aliphatic carbocycles. The second kappa shape index (κ2) is 8.50. The summed E-state index contributed by atoms with van der Waals surface area (Å²) >= 11 is 3.13. The van der Waals surface area contributed by atoms with Gasteiger partial charge in [0.2, 0.25) is 0 Å². The number of rotatable bonds is 3. The Morgan fingerprint density at radius 2 is 1.97 bits per heavy atom. The number of furan rings is 1. The number of esters is 1. The van der Waals surface area contributed by atoms with Crippen LogP contribution < -0.4 is 10.2 Å². The summed E-state index contributed by atoms with van der Waals surface area (Å²) in [6, 6.07) is 4.77. The van der Waals surface area contributed by atoms with E-state index in [1.807, 2.05) is 4.90 Å². The number of likely N-dealkylation sites (N-methyl/N-ethyl adjacent to an activating group) is 1. The third-order valence-corrected chi connectivity index (χ3v) is 5.81. The number of nitrogens with zero attached hydrogens (tertiary/aromatic N) is 1. The minimum absolute atomic E-state index is 0.0296. The van der Waals surface area contributed by atoms with Crippen LogP contribution in [0.4, 0.5) is 13.2 Å². The molecule has 0 unspecified atom stereocenters. The number of benzene rings is 1. The van der Waals surface area contributed by atoms with Crippen molar-refractivity contribution in [2.24, 2.45) is 0 Å². The van der Waals surface area contributed by atoms with E-state index >= 15 is 0 Å². The number of β-amino-alcohol motifs (C(OH)–C–C–N with tert-alkyl or cyclic N) is 1. The first-order chi connectivity index (χ1) is 15.5. The van der Waals surface area contributed by atoms with Crippen LogP contribution in [0.3, 0.4) is 0 Å². The molecule has 2 aromatic heterocycles. The fourth-order valence-electron chi connectivity index (χ4n) is 3.90. The third-order valence-electron chi connectivity index (χ3n) is 5.39. The molecule has 2 N–H and O–H groups in total. The Balaban J connectivity index is 1.97. The van der Waals surface area contributed by atoms with Crippen LogP contribution in [0.25, 0.3) is 22.5 Å². The van der Waals surface area contributed by atoms with Gasteiger partial charge in [-0.3, -0.25) is 4.79 Å². The predicted octanol–water partition coefficient (Wildman–Crippen LogP) is 3.77. The summed E-state index contributed by atoms with van der Waals surface area (Å²) in [7, 11) is 1.80. The quantitative estimate of drug-likeness (QED) is 0.388. The first-order valence-corrected chi connectivity index (χ1v) is 10.5. The van der Waals surface area contributed by atoms with Crippen LogP contribution in [0, 0.1) is 0 Å². The summed E-state index contributed by atoms with van der Waals surface area (Å²) < 4.78 is 54.3. The molecule has 1 aromatic carbocycles. The number of carbonyl (C=O) groups excluding carboxylic acids is 1. The monoisotopic (exact) mass is 531 g/mol. The highest BCUT2D eigenvalue weighted by Crippen LogP contribution is 2.43. The summed E-state index contributed by atoms with van der Waals surface area (Å²) in [6.07, 6.45) is -5.93. The molecule has 3 heterocycles. The molecule has 1 fully saturated rings. The second-order valence-corrected chi connectivity index (χ2v) is 8.48. The Hall–Kier alpha value is -2.83. The number of hydrogen-bond acceptors (Lipinski definition) is 8. The van der Waals surface area contributed by atoms with Crippen molar-refractivity contribution < 1.29 is 41.8 Å². The first-order valence-electron chi connectivity index (χ1n) is 9.70. The SMILES string of the molecule is CN1CC[C@H](c2c(O)cc(OC(=O)C(F)(F)F)c3c(=O)cc(-c4ccc(Br)o4)oc23)[C@H](O)C1. The molecular weight excluding hydrogens is 515 g/mol. The highest BCUT2D eigenvalue weighted by molar-refractivity contribution is 9.10. The number of phenols is 1. The fourth-order valence-corrected chi connectivity index (χ4v) is 4.20. The molecule has 0 bridgehead atoms. The lowest BCUT2D eigenvalue weighted by Gasteiger charge is -2.34. The van der Waals surface area contributed by atoms with E-state index in [9.17, 15) is 33.0 Å². The number of aliphatic hydroxyl groups is 1. The molecule has 1 aliphatic rings. The average molecular weight is 532 g/mol. The summed E-state index contributed by atoms with van der Waals surface area (Å²) in [4.78, 5) is 26.3. The summed E-state index contributed by atoms with van der Waals surface area (Å²) in [5, 5.41) is 20.9. The van der Waals surface area contributed by atoms with Gasteiger partial charge in [-0.2, -0.15) is 13.2 Å². The number of likely N-dealkylation sites (tertiary alicyclic amines) is 1. The number of aromatic hydroxyl groups is 1. The number of ether oxygens (including phenoxy) is 1. The van der Waals surface area contributed by atoms with Crippen molar-refractivity contribution >= 4 is 32.9 Å². The Labute approximate surface area is 192 Å². The fraction of sp³-hybridized carbons (Fsp3) is 0.333. The molecule has 176 valence electrons. The predicted molar refractivity (Wildman–Crippen MR) is 112 cm³/mol. The molecule has 0 radical (unpaired) electrons. The third kappa shape index (κ3) is 4.50. The lowest BCUT2D eigenvalue weighted by Crippen LogP contribution is -2.40. The van der Waals surface area contributed by atoms with E-state index in [1.54, 1.807) is 13.1 Å². The zero-order valence-electron chi connectivity index (χ0n) is 17.0. The molecule has 0 amide bonds. The Bertz CT molecular complexity index is 1280. The zero-order valence-corrected chi connectivity index (χ0v) is 18.6. The van der Waals surface area contributed by atoms with E-state index in [0.717, 1.165) is 12.1 Å². The van der Waals surface area contributed by atoms with Crippen molar-refractivity contribution in [1.82, 2.24) is 4.90 Å². The number of carbonyl (C=O) groups is 1. The van der Waals surface area contributed by atoms with Crippen molar-refractivity contribution in [3.8, 4) is 23.0 Å². The van der Waals surface area contributed by atoms with Crippen LogP contribution >= 0.6 is 15.9 Å². The highest BCUT2D eigenvalue weighted by Gasteiger charge is 2.42. The number of phenolic OH excluding ortho intramolecular Hbond substituents is 1. The van der Waals surface area contributed by atoms with E-state index in [1.165, 1.54) is 6.07 Å².